The average molecular weight is 572 g/mol. The van der Waals surface area contributed by atoms with Gasteiger partial charge in [-0.1, -0.05) is 78.7 Å². The Kier molecular flexibility index (Phi) is 10.4. The minimum atomic E-state index is -0.701. The summed E-state index contributed by atoms with van der Waals surface area (Å²) in [5.74, 6) is 0.0469. The van der Waals surface area contributed by atoms with E-state index in [2.05, 4.69) is 21.2 Å². The van der Waals surface area contributed by atoms with Crippen LogP contribution in [0.1, 0.15) is 37.0 Å². The SMILES string of the molecule is CC[C@H](C)NC(=O)[C@H](Cc1ccccc1)N(Cc1ccc(C)cc1)C(=O)COc1ccc(Cl)cc1Br. The minimum absolute atomic E-state index is 0.00614. The zero-order valence-electron chi connectivity index (χ0n) is 20.8. The van der Waals surface area contributed by atoms with Crippen molar-refractivity contribution < 1.29 is 14.3 Å². The first-order valence-electron chi connectivity index (χ1n) is 12.0. The van der Waals surface area contributed by atoms with Gasteiger partial charge in [-0.15, -0.1) is 0 Å². The zero-order valence-corrected chi connectivity index (χ0v) is 23.2. The summed E-state index contributed by atoms with van der Waals surface area (Å²) in [5, 5.41) is 3.63. The Hall–Kier alpha value is -2.83. The maximum Gasteiger partial charge on any atom is 0.261 e. The molecule has 0 unspecified atom stereocenters. The highest BCUT2D eigenvalue weighted by Gasteiger charge is 2.31. The molecule has 0 aliphatic carbocycles. The molecule has 3 rings (SSSR count). The van der Waals surface area contributed by atoms with Crippen LogP contribution < -0.4 is 10.1 Å². The number of ether oxygens (including phenoxy) is 1. The molecule has 0 radical (unpaired) electrons. The van der Waals surface area contributed by atoms with Crippen molar-refractivity contribution in [2.24, 2.45) is 0 Å². The molecule has 0 aliphatic rings. The Balaban J connectivity index is 1.91. The van der Waals surface area contributed by atoms with Crippen LogP contribution in [0, 0.1) is 6.92 Å². The molecule has 0 fully saturated rings. The van der Waals surface area contributed by atoms with Gasteiger partial charge in [-0.2, -0.15) is 0 Å². The summed E-state index contributed by atoms with van der Waals surface area (Å²) in [6, 6.07) is 22.1. The summed E-state index contributed by atoms with van der Waals surface area (Å²) < 4.78 is 6.50. The number of rotatable bonds is 11. The van der Waals surface area contributed by atoms with Gasteiger partial charge in [0.2, 0.25) is 5.91 Å². The lowest BCUT2D eigenvalue weighted by Gasteiger charge is -2.32. The first kappa shape index (κ1) is 27.8. The van der Waals surface area contributed by atoms with Gasteiger partial charge in [0.1, 0.15) is 11.8 Å². The van der Waals surface area contributed by atoms with Crippen LogP contribution in [0.15, 0.2) is 77.3 Å². The molecule has 0 aliphatic heterocycles. The van der Waals surface area contributed by atoms with Crippen molar-refractivity contribution in [2.45, 2.75) is 52.2 Å². The predicted molar refractivity (Wildman–Crippen MR) is 148 cm³/mol. The van der Waals surface area contributed by atoms with E-state index in [4.69, 9.17) is 16.3 Å². The highest BCUT2D eigenvalue weighted by atomic mass is 79.9. The van der Waals surface area contributed by atoms with Crippen LogP contribution >= 0.6 is 27.5 Å². The number of aryl methyl sites for hydroxylation is 1. The molecule has 36 heavy (non-hydrogen) atoms. The van der Waals surface area contributed by atoms with Crippen LogP contribution in [0.2, 0.25) is 5.02 Å². The van der Waals surface area contributed by atoms with Gasteiger partial charge in [0, 0.05) is 24.0 Å². The molecule has 0 aromatic heterocycles. The lowest BCUT2D eigenvalue weighted by Crippen LogP contribution is -2.53. The van der Waals surface area contributed by atoms with Crippen LogP contribution in [0.4, 0.5) is 0 Å². The maximum atomic E-state index is 13.6. The van der Waals surface area contributed by atoms with Gasteiger partial charge in [0.05, 0.1) is 4.47 Å². The van der Waals surface area contributed by atoms with Gasteiger partial charge in [0.15, 0.2) is 6.61 Å². The number of benzene rings is 3. The maximum absolute atomic E-state index is 13.6. The zero-order chi connectivity index (χ0) is 26.1. The van der Waals surface area contributed by atoms with Crippen molar-refractivity contribution in [2.75, 3.05) is 6.61 Å². The molecule has 5 nitrogen and oxygen atoms in total. The summed E-state index contributed by atoms with van der Waals surface area (Å²) in [7, 11) is 0. The number of hydrogen-bond donors (Lipinski definition) is 1. The van der Waals surface area contributed by atoms with E-state index in [0.29, 0.717) is 21.7 Å². The average Bonchev–Trinajstić information content (AvgIpc) is 2.87. The van der Waals surface area contributed by atoms with Crippen molar-refractivity contribution in [3.8, 4) is 5.75 Å². The first-order chi connectivity index (χ1) is 17.3. The fourth-order valence-corrected chi connectivity index (χ4v) is 4.50. The van der Waals surface area contributed by atoms with Crippen molar-refractivity contribution in [3.63, 3.8) is 0 Å². The molecule has 3 aromatic carbocycles. The monoisotopic (exact) mass is 570 g/mol. The topological polar surface area (TPSA) is 58.6 Å². The molecule has 7 heteroatoms. The van der Waals surface area contributed by atoms with Crippen molar-refractivity contribution in [1.82, 2.24) is 10.2 Å². The first-order valence-corrected chi connectivity index (χ1v) is 13.2. The lowest BCUT2D eigenvalue weighted by molar-refractivity contribution is -0.143. The third kappa shape index (κ3) is 8.10. The molecular formula is C29H32BrClN2O3. The Morgan fingerprint density at radius 2 is 1.72 bits per heavy atom. The Bertz CT molecular complexity index is 1150. The number of carbonyl (C=O) groups is 2. The molecule has 0 spiro atoms. The fraction of sp³-hybridized carbons (Fsp3) is 0.310. The number of nitrogens with zero attached hydrogens (tertiary/aromatic N) is 1. The molecule has 0 saturated heterocycles. The van der Waals surface area contributed by atoms with Crippen LogP contribution in [0.5, 0.6) is 5.75 Å². The summed E-state index contributed by atoms with van der Waals surface area (Å²) in [6.45, 7) is 6.07. The Morgan fingerprint density at radius 1 is 1.03 bits per heavy atom. The molecule has 0 heterocycles. The fourth-order valence-electron chi connectivity index (χ4n) is 3.70. The van der Waals surface area contributed by atoms with E-state index < -0.39 is 6.04 Å². The van der Waals surface area contributed by atoms with Crippen LogP contribution in [-0.2, 0) is 22.6 Å². The summed E-state index contributed by atoms with van der Waals surface area (Å²) in [4.78, 5) is 28.8. The number of nitrogens with one attached hydrogen (secondary N) is 1. The second kappa shape index (κ2) is 13.5. The number of hydrogen-bond acceptors (Lipinski definition) is 3. The summed E-state index contributed by atoms with van der Waals surface area (Å²) >= 11 is 9.46. The van der Waals surface area contributed by atoms with Crippen molar-refractivity contribution in [3.05, 3.63) is 99.0 Å². The van der Waals surface area contributed by atoms with Gasteiger partial charge < -0.3 is 15.0 Å². The second-order valence-electron chi connectivity index (χ2n) is 8.89. The quantitative estimate of drug-likeness (QED) is 0.292. The normalized spacial score (nSPS) is 12.5. The van der Waals surface area contributed by atoms with Crippen LogP contribution in [-0.4, -0.2) is 35.4 Å². The lowest BCUT2D eigenvalue weighted by atomic mass is 10.0. The molecule has 2 atom stereocenters. The molecule has 190 valence electrons. The van der Waals surface area contributed by atoms with E-state index in [0.717, 1.165) is 23.1 Å². The van der Waals surface area contributed by atoms with E-state index in [9.17, 15) is 9.59 Å². The van der Waals surface area contributed by atoms with Crippen molar-refractivity contribution in [1.29, 1.82) is 0 Å². The second-order valence-corrected chi connectivity index (χ2v) is 10.2. The van der Waals surface area contributed by atoms with Crippen LogP contribution in [0.3, 0.4) is 0 Å². The summed E-state index contributed by atoms with van der Waals surface area (Å²) in [6.07, 6.45) is 1.19. The van der Waals surface area contributed by atoms with E-state index >= 15 is 0 Å². The van der Waals surface area contributed by atoms with Gasteiger partial charge in [-0.25, -0.2) is 0 Å². The third-order valence-corrected chi connectivity index (χ3v) is 6.85. The van der Waals surface area contributed by atoms with E-state index in [1.165, 1.54) is 0 Å². The number of halogens is 2. The van der Waals surface area contributed by atoms with E-state index in [-0.39, 0.29) is 31.0 Å². The standard InChI is InChI=1S/C29H32BrClN2O3/c1-4-21(3)32-29(35)26(16-22-8-6-5-7-9-22)33(18-23-12-10-20(2)11-13-23)28(34)19-36-27-15-14-24(31)17-25(27)30/h5-15,17,21,26H,4,16,18-19H2,1-3H3,(H,32,35)/t21-,26-/m0/s1. The molecule has 0 bridgehead atoms. The molecular weight excluding hydrogens is 540 g/mol. The third-order valence-electron chi connectivity index (χ3n) is 5.99. The Morgan fingerprint density at radius 3 is 2.36 bits per heavy atom. The largest absolute Gasteiger partial charge is 0.483 e. The minimum Gasteiger partial charge on any atom is -0.483 e. The van der Waals surface area contributed by atoms with Crippen molar-refractivity contribution >= 4 is 39.3 Å². The van der Waals surface area contributed by atoms with Gasteiger partial charge >= 0.3 is 0 Å². The molecule has 1 N–H and O–H groups in total. The highest BCUT2D eigenvalue weighted by molar-refractivity contribution is 9.10. The number of carbonyl (C=O) groups excluding carboxylic acids is 2. The smallest absolute Gasteiger partial charge is 0.261 e. The van der Waals surface area contributed by atoms with Gasteiger partial charge in [0.25, 0.3) is 5.91 Å². The molecule has 3 aromatic rings. The highest BCUT2D eigenvalue weighted by Crippen LogP contribution is 2.28. The summed E-state index contributed by atoms with van der Waals surface area (Å²) in [5.41, 5.74) is 3.05. The van der Waals surface area contributed by atoms with Crippen LogP contribution in [0.25, 0.3) is 0 Å². The Labute approximate surface area is 226 Å². The number of amides is 2. The van der Waals surface area contributed by atoms with E-state index in [1.807, 2.05) is 75.4 Å². The van der Waals surface area contributed by atoms with E-state index in [1.54, 1.807) is 23.1 Å². The van der Waals surface area contributed by atoms with Gasteiger partial charge in [-0.05, 0) is 65.5 Å². The van der Waals surface area contributed by atoms with Gasteiger partial charge in [-0.3, -0.25) is 9.59 Å². The predicted octanol–water partition coefficient (Wildman–Crippen LogP) is 6.34. The molecule has 2 amide bonds. The molecule has 0 saturated carbocycles.